The van der Waals surface area contributed by atoms with Crippen LogP contribution in [0, 0.1) is 20.8 Å². The lowest BCUT2D eigenvalue weighted by molar-refractivity contribution is -0.0526. The smallest absolute Gasteiger partial charge is 0.394 e. The summed E-state index contributed by atoms with van der Waals surface area (Å²) in [5.74, 6) is 0.0375. The number of hydrogen-bond acceptors (Lipinski definition) is 19. The molecule has 0 radical (unpaired) electrons. The molecular weight excluding hydrogens is 887 g/mol. The maximum Gasteiger partial charge on any atom is 0.697 e. The van der Waals surface area contributed by atoms with Crippen molar-refractivity contribution in [3.8, 4) is 0 Å². The van der Waals surface area contributed by atoms with Gasteiger partial charge in [0.05, 0.1) is 13.2 Å². The molecule has 0 bridgehead atoms. The Morgan fingerprint density at radius 1 is 0.831 bits per heavy atom. The van der Waals surface area contributed by atoms with Gasteiger partial charge in [-0.2, -0.15) is 4.98 Å². The van der Waals surface area contributed by atoms with E-state index in [0.29, 0.717) is 5.56 Å². The van der Waals surface area contributed by atoms with E-state index in [9.17, 15) is 43.1 Å². The Bertz CT molecular complexity index is 2450. The molecule has 322 valence electrons. The number of anilines is 1. The van der Waals surface area contributed by atoms with Gasteiger partial charge < -0.3 is 39.0 Å². The number of rotatable bonds is 16. The maximum absolute atomic E-state index is 13.1. The van der Waals surface area contributed by atoms with Crippen molar-refractivity contribution < 1.29 is 56.0 Å². The number of nitrogen functional groups attached to an aromatic ring is 1. The van der Waals surface area contributed by atoms with E-state index in [-0.39, 0.29) is 36.2 Å². The first-order chi connectivity index (χ1) is 27.8. The van der Waals surface area contributed by atoms with Crippen LogP contribution in [0.15, 0.2) is 42.6 Å². The molecule has 3 saturated heterocycles. The molecule has 10 unspecified atom stereocenters. The van der Waals surface area contributed by atoms with Crippen LogP contribution < -0.4 is 33.9 Å². The van der Waals surface area contributed by atoms with Crippen LogP contribution in [0.3, 0.4) is 0 Å². The van der Waals surface area contributed by atoms with Gasteiger partial charge in [-0.05, 0) is 37.1 Å². The highest BCUT2D eigenvalue weighted by Gasteiger charge is 2.47. The van der Waals surface area contributed by atoms with Crippen molar-refractivity contribution in [3.63, 3.8) is 0 Å². The van der Waals surface area contributed by atoms with E-state index in [0.717, 1.165) is 9.13 Å². The van der Waals surface area contributed by atoms with Gasteiger partial charge >= 0.3 is 39.3 Å². The molecular formula is C30H40N7O17P3S2+2. The Hall–Kier alpha value is -3.16. The van der Waals surface area contributed by atoms with Crippen molar-refractivity contribution in [2.24, 2.45) is 0 Å². The molecule has 0 spiro atoms. The average molecular weight is 928 g/mol. The molecule has 6 heterocycles. The summed E-state index contributed by atoms with van der Waals surface area (Å²) >= 11 is 9.12. The van der Waals surface area contributed by atoms with Crippen molar-refractivity contribution in [2.45, 2.75) is 95.3 Å². The fourth-order valence-electron chi connectivity index (χ4n) is 6.56. The number of aliphatic hydroxyl groups excluding tert-OH is 1. The predicted molar refractivity (Wildman–Crippen MR) is 210 cm³/mol. The summed E-state index contributed by atoms with van der Waals surface area (Å²) < 4.78 is 74.1. The first-order valence-electron chi connectivity index (χ1n) is 17.6. The molecule has 0 aromatic carbocycles. The molecule has 3 fully saturated rings. The lowest BCUT2D eigenvalue weighted by atomic mass is 10.2. The number of ether oxygens (including phenoxy) is 3. The second kappa shape index (κ2) is 18.8. The van der Waals surface area contributed by atoms with Gasteiger partial charge in [-0.15, -0.1) is 13.6 Å². The van der Waals surface area contributed by atoms with Crippen LogP contribution in [0.5, 0.6) is 0 Å². The van der Waals surface area contributed by atoms with Gasteiger partial charge in [0.1, 0.15) is 80.0 Å². The minimum Gasteiger partial charge on any atom is -0.394 e. The van der Waals surface area contributed by atoms with Crippen molar-refractivity contribution in [3.05, 3.63) is 87.4 Å². The number of aromatic amines is 2. The molecule has 3 aliphatic heterocycles. The first kappa shape index (κ1) is 45.4. The number of nitrogens with two attached hydrogens (primary N) is 1. The van der Waals surface area contributed by atoms with Crippen LogP contribution >= 0.6 is 34.5 Å². The van der Waals surface area contributed by atoms with E-state index >= 15 is 0 Å². The molecule has 24 nitrogen and oxygen atoms in total. The van der Waals surface area contributed by atoms with E-state index in [1.807, 2.05) is 0 Å². The van der Waals surface area contributed by atoms with E-state index < -0.39 is 126 Å². The van der Waals surface area contributed by atoms with Crippen molar-refractivity contribution in [1.82, 2.24) is 28.7 Å². The van der Waals surface area contributed by atoms with Crippen LogP contribution in [0.2, 0.25) is 0 Å². The predicted octanol–water partition coefficient (Wildman–Crippen LogP) is 0.356. The number of H-pyrrole nitrogens is 2. The first-order valence-corrected chi connectivity index (χ1v) is 23.7. The van der Waals surface area contributed by atoms with Crippen LogP contribution in [0.4, 0.5) is 5.82 Å². The minimum absolute atomic E-state index is 0.0310. The highest BCUT2D eigenvalue weighted by Crippen LogP contribution is 2.50. The Morgan fingerprint density at radius 3 is 1.88 bits per heavy atom. The minimum atomic E-state index is -4.27. The second-order valence-corrected chi connectivity index (χ2v) is 19.1. The molecule has 0 saturated carbocycles. The Labute approximate surface area is 344 Å². The molecule has 59 heavy (non-hydrogen) atoms. The SMILES string of the molecule is Cc1cn(C2CC(O[P+](=O)OCC3OC(n4cc(C)c(=O)[nH]c4=O)C[C@@H]3OP(O)(=S)OCC3OC(n4cc(C)c(=O)[nH]c4=O)C[C@@H]3O[P+](=O)S)C(CO)O2)c(=O)nc1N. The number of aromatic nitrogens is 6. The molecule has 3 aliphatic rings. The largest absolute Gasteiger partial charge is 0.697 e. The molecule has 3 aromatic heterocycles. The summed E-state index contributed by atoms with van der Waals surface area (Å²) in [7, 11) is -5.44. The van der Waals surface area contributed by atoms with E-state index in [2.05, 4.69) is 27.2 Å². The Morgan fingerprint density at radius 2 is 1.32 bits per heavy atom. The van der Waals surface area contributed by atoms with Gasteiger partial charge in [0, 0.05) is 59.1 Å². The summed E-state index contributed by atoms with van der Waals surface area (Å²) in [5.41, 5.74) is 3.08. The topological polar surface area (TPSA) is 319 Å². The molecule has 0 aliphatic carbocycles. The van der Waals surface area contributed by atoms with Crippen LogP contribution in [0.1, 0.15) is 54.6 Å². The fourth-order valence-corrected chi connectivity index (χ4v) is 9.62. The van der Waals surface area contributed by atoms with Crippen molar-refractivity contribution in [1.29, 1.82) is 0 Å². The third-order valence-electron chi connectivity index (χ3n) is 9.58. The van der Waals surface area contributed by atoms with Gasteiger partial charge in [0.15, 0.2) is 0 Å². The lowest BCUT2D eigenvalue weighted by Crippen LogP contribution is -2.33. The van der Waals surface area contributed by atoms with Gasteiger partial charge in [-0.3, -0.25) is 33.3 Å². The third-order valence-corrected chi connectivity index (χ3v) is 12.7. The summed E-state index contributed by atoms with van der Waals surface area (Å²) in [4.78, 5) is 81.1. The zero-order valence-corrected chi connectivity index (χ0v) is 35.6. The zero-order valence-electron chi connectivity index (χ0n) is 31.3. The number of aliphatic hydroxyl groups is 1. The van der Waals surface area contributed by atoms with E-state index in [1.54, 1.807) is 6.92 Å². The zero-order chi connectivity index (χ0) is 42.9. The molecule has 29 heteroatoms. The number of aryl methyl sites for hydroxylation is 3. The molecule has 6 N–H and O–H groups in total. The quantitative estimate of drug-likeness (QED) is 0.0834. The van der Waals surface area contributed by atoms with Crippen molar-refractivity contribution >= 4 is 52.1 Å². The van der Waals surface area contributed by atoms with E-state index in [4.69, 9.17) is 54.4 Å². The molecule has 3 aromatic rings. The standard InChI is InChI=1S/C30H38N7O17P3S2/c1-13-7-35(28(41)32-25(13)31)22-4-16(19(10-38)49-22)52-55(44)47-11-20-18(6-24(50-20)37-9-15(3)27(40)34-30(37)43)54-57(46,59)48-12-21-17(53-56(45)58)5-23(51-21)36-8-14(2)26(39)33-29(36)42/h7-9,16-24,38H,4-6,10-12H2,1-3H3,(H4-2,31,32,33,34,39,40,41,42,43,45,46,58,59)/p+2/t16?,17-,18-,19?,20?,21?,22?,23?,24?,57?/m0/s1. The van der Waals surface area contributed by atoms with Crippen LogP contribution in [0.25, 0.3) is 0 Å². The number of nitrogens with one attached hydrogen (secondary N) is 2. The second-order valence-electron chi connectivity index (χ2n) is 13.7. The molecule has 6 rings (SSSR count). The normalized spacial score (nSPS) is 28.5. The third kappa shape index (κ3) is 10.8. The molecule has 0 amide bonds. The summed E-state index contributed by atoms with van der Waals surface area (Å²) in [6.45, 7) is -1.28. The Kier molecular flexibility index (Phi) is 14.5. The Balaban J connectivity index is 1.14. The number of thiol groups is 1. The van der Waals surface area contributed by atoms with Gasteiger partial charge in [0.2, 0.25) is 0 Å². The number of hydrogen-bond donors (Lipinski definition) is 6. The van der Waals surface area contributed by atoms with Crippen LogP contribution in [-0.2, 0) is 57.8 Å². The maximum atomic E-state index is 13.1. The summed E-state index contributed by atoms with van der Waals surface area (Å²) in [5, 5.41) is 9.94. The van der Waals surface area contributed by atoms with Gasteiger partial charge in [-0.25, -0.2) is 14.4 Å². The van der Waals surface area contributed by atoms with Crippen LogP contribution in [-0.4, -0.2) is 95.1 Å². The number of nitrogens with zero attached hydrogens (tertiary/aromatic N) is 4. The summed E-state index contributed by atoms with van der Waals surface area (Å²) in [6.07, 6.45) is -5.83. The molecule has 12 atom stereocenters. The van der Waals surface area contributed by atoms with E-state index in [1.165, 1.54) is 37.0 Å². The lowest BCUT2D eigenvalue weighted by Gasteiger charge is -2.24. The highest BCUT2D eigenvalue weighted by atomic mass is 32.7. The summed E-state index contributed by atoms with van der Waals surface area (Å²) in [6, 6.07) is 0. The average Bonchev–Trinajstić information content (AvgIpc) is 3.87. The van der Waals surface area contributed by atoms with Gasteiger partial charge in [0.25, 0.3) is 11.1 Å². The van der Waals surface area contributed by atoms with Gasteiger partial charge in [-0.1, -0.05) is 0 Å². The fraction of sp³-hybridized carbons (Fsp3) is 0.600. The van der Waals surface area contributed by atoms with Crippen molar-refractivity contribution in [2.75, 3.05) is 25.6 Å². The highest BCUT2D eigenvalue weighted by molar-refractivity contribution is 8.39. The monoisotopic (exact) mass is 927 g/mol.